The quantitative estimate of drug-likeness (QED) is 0.653. The van der Waals surface area contributed by atoms with Crippen molar-refractivity contribution in [3.63, 3.8) is 0 Å². The zero-order valence-electron chi connectivity index (χ0n) is 7.54. The Hall–Kier alpha value is -0.990. The van der Waals surface area contributed by atoms with Gasteiger partial charge in [0.2, 0.25) is 0 Å². The first kappa shape index (κ1) is 9.10. The van der Waals surface area contributed by atoms with Crippen molar-refractivity contribution in [3.8, 4) is 0 Å². The Kier molecular flexibility index (Phi) is 2.74. The van der Waals surface area contributed by atoms with Crippen molar-refractivity contribution in [1.82, 2.24) is 5.32 Å². The average Bonchev–Trinajstić information content (AvgIpc) is 2.32. The van der Waals surface area contributed by atoms with Gasteiger partial charge < -0.3 is 10.1 Å². The molecule has 12 heavy (non-hydrogen) atoms. The van der Waals surface area contributed by atoms with Crippen LogP contribution in [0, 0.1) is 5.92 Å². The lowest BCUT2D eigenvalue weighted by atomic mass is 9.98. The lowest BCUT2D eigenvalue weighted by Gasteiger charge is -2.18. The molecule has 1 N–H and O–H groups in total. The molecule has 0 radical (unpaired) electrons. The molecule has 3 nitrogen and oxygen atoms in total. The van der Waals surface area contributed by atoms with E-state index in [1.165, 1.54) is 0 Å². The van der Waals surface area contributed by atoms with Gasteiger partial charge in [0.05, 0.1) is 6.04 Å². The second-order valence-electron chi connectivity index (χ2n) is 3.39. The summed E-state index contributed by atoms with van der Waals surface area (Å²) in [7, 11) is 0. The summed E-state index contributed by atoms with van der Waals surface area (Å²) < 4.78 is 5.09. The number of hydrogen-bond acceptors (Lipinski definition) is 2. The molecule has 0 aromatic carbocycles. The SMILES string of the molecule is C=CC[C@H]1NC(=O)O[C@@H]1C(C)C. The molecule has 1 amide bonds. The summed E-state index contributed by atoms with van der Waals surface area (Å²) in [6.07, 6.45) is 2.26. The summed E-state index contributed by atoms with van der Waals surface area (Å²) in [6, 6.07) is 0.106. The number of alkyl carbamates (subject to hydrolysis) is 1. The summed E-state index contributed by atoms with van der Waals surface area (Å²) in [5, 5.41) is 2.75. The zero-order chi connectivity index (χ0) is 9.14. The molecular formula is C9H15NO2. The molecule has 3 heteroatoms. The molecule has 1 fully saturated rings. The monoisotopic (exact) mass is 169 g/mol. The maximum absolute atomic E-state index is 10.9. The van der Waals surface area contributed by atoms with Gasteiger partial charge in [-0.15, -0.1) is 6.58 Å². The van der Waals surface area contributed by atoms with Gasteiger partial charge in [0.1, 0.15) is 6.10 Å². The van der Waals surface area contributed by atoms with E-state index in [4.69, 9.17) is 4.74 Å². The van der Waals surface area contributed by atoms with Crippen LogP contribution in [0.4, 0.5) is 4.79 Å². The van der Waals surface area contributed by atoms with Crippen molar-refractivity contribution in [3.05, 3.63) is 12.7 Å². The highest BCUT2D eigenvalue weighted by molar-refractivity contribution is 5.70. The average molecular weight is 169 g/mol. The first-order valence-electron chi connectivity index (χ1n) is 4.23. The summed E-state index contributed by atoms with van der Waals surface area (Å²) in [5.41, 5.74) is 0. The van der Waals surface area contributed by atoms with E-state index in [2.05, 4.69) is 11.9 Å². The van der Waals surface area contributed by atoms with Gasteiger partial charge in [0.15, 0.2) is 0 Å². The molecule has 0 aromatic heterocycles. The van der Waals surface area contributed by atoms with Crippen LogP contribution in [0.25, 0.3) is 0 Å². The van der Waals surface area contributed by atoms with Crippen LogP contribution in [-0.4, -0.2) is 18.2 Å². The van der Waals surface area contributed by atoms with Gasteiger partial charge in [-0.3, -0.25) is 0 Å². The minimum Gasteiger partial charge on any atom is -0.444 e. The molecular weight excluding hydrogens is 154 g/mol. The molecule has 2 atom stereocenters. The number of amides is 1. The van der Waals surface area contributed by atoms with E-state index in [1.54, 1.807) is 6.08 Å². The molecule has 0 spiro atoms. The molecule has 0 unspecified atom stereocenters. The van der Waals surface area contributed by atoms with E-state index in [-0.39, 0.29) is 18.2 Å². The number of hydrogen-bond donors (Lipinski definition) is 1. The summed E-state index contributed by atoms with van der Waals surface area (Å²) in [5.74, 6) is 0.355. The molecule has 1 aliphatic rings. The van der Waals surface area contributed by atoms with Gasteiger partial charge in [-0.25, -0.2) is 4.79 Å². The van der Waals surface area contributed by atoms with Crippen LogP contribution in [0.5, 0.6) is 0 Å². The lowest BCUT2D eigenvalue weighted by molar-refractivity contribution is 0.102. The smallest absolute Gasteiger partial charge is 0.407 e. The number of carbonyl (C=O) groups is 1. The van der Waals surface area contributed by atoms with E-state index in [0.717, 1.165) is 6.42 Å². The fourth-order valence-electron chi connectivity index (χ4n) is 1.45. The Morgan fingerprint density at radius 1 is 1.75 bits per heavy atom. The second kappa shape index (κ2) is 3.61. The Morgan fingerprint density at radius 2 is 2.42 bits per heavy atom. The number of cyclic esters (lactones) is 1. The highest BCUT2D eigenvalue weighted by Gasteiger charge is 2.34. The highest BCUT2D eigenvalue weighted by Crippen LogP contribution is 2.19. The molecule has 0 saturated carbocycles. The molecule has 1 saturated heterocycles. The summed E-state index contributed by atoms with van der Waals surface area (Å²) in [4.78, 5) is 10.9. The largest absolute Gasteiger partial charge is 0.444 e. The third kappa shape index (κ3) is 1.78. The van der Waals surface area contributed by atoms with Crippen LogP contribution in [0.2, 0.25) is 0 Å². The van der Waals surface area contributed by atoms with Crippen LogP contribution >= 0.6 is 0 Å². The molecule has 1 aliphatic heterocycles. The van der Waals surface area contributed by atoms with E-state index in [1.807, 2.05) is 13.8 Å². The summed E-state index contributed by atoms with van der Waals surface area (Å²) >= 11 is 0. The molecule has 68 valence electrons. The Labute approximate surface area is 72.8 Å². The van der Waals surface area contributed by atoms with Gasteiger partial charge in [0.25, 0.3) is 0 Å². The van der Waals surface area contributed by atoms with E-state index < -0.39 is 0 Å². The van der Waals surface area contributed by atoms with Crippen LogP contribution in [0.1, 0.15) is 20.3 Å². The second-order valence-corrected chi connectivity index (χ2v) is 3.39. The third-order valence-electron chi connectivity index (χ3n) is 2.02. The van der Waals surface area contributed by atoms with Crippen molar-refractivity contribution in [2.24, 2.45) is 5.92 Å². The minimum absolute atomic E-state index is 0.00417. The predicted molar refractivity (Wildman–Crippen MR) is 46.8 cm³/mol. The van der Waals surface area contributed by atoms with Crippen molar-refractivity contribution in [2.45, 2.75) is 32.4 Å². The number of nitrogens with one attached hydrogen (secondary N) is 1. The van der Waals surface area contributed by atoms with Crippen LogP contribution in [0.3, 0.4) is 0 Å². The van der Waals surface area contributed by atoms with Crippen LogP contribution in [0.15, 0.2) is 12.7 Å². The lowest BCUT2D eigenvalue weighted by Crippen LogP contribution is -2.33. The van der Waals surface area contributed by atoms with Crippen molar-refractivity contribution in [1.29, 1.82) is 0 Å². The molecule has 0 aliphatic carbocycles. The van der Waals surface area contributed by atoms with E-state index in [0.29, 0.717) is 5.92 Å². The van der Waals surface area contributed by atoms with Crippen LogP contribution < -0.4 is 5.32 Å². The minimum atomic E-state index is -0.305. The number of carbonyl (C=O) groups excluding carboxylic acids is 1. The van der Waals surface area contributed by atoms with E-state index >= 15 is 0 Å². The Morgan fingerprint density at radius 3 is 2.92 bits per heavy atom. The molecule has 1 rings (SSSR count). The standard InChI is InChI=1S/C9H15NO2/c1-4-5-7-8(6(2)3)12-9(11)10-7/h4,6-8H,1,5H2,2-3H3,(H,10,11)/t7-,8-/m1/s1. The number of ether oxygens (including phenoxy) is 1. The molecule has 0 aromatic rings. The summed E-state index contributed by atoms with van der Waals surface area (Å²) in [6.45, 7) is 7.72. The fraction of sp³-hybridized carbons (Fsp3) is 0.667. The first-order valence-corrected chi connectivity index (χ1v) is 4.23. The van der Waals surface area contributed by atoms with Gasteiger partial charge in [0, 0.05) is 0 Å². The van der Waals surface area contributed by atoms with E-state index in [9.17, 15) is 4.79 Å². The van der Waals surface area contributed by atoms with Crippen molar-refractivity contribution >= 4 is 6.09 Å². The molecule has 0 bridgehead atoms. The Balaban J connectivity index is 2.58. The molecule has 1 heterocycles. The highest BCUT2D eigenvalue weighted by atomic mass is 16.6. The van der Waals surface area contributed by atoms with Gasteiger partial charge in [-0.05, 0) is 12.3 Å². The fourth-order valence-corrected chi connectivity index (χ4v) is 1.45. The van der Waals surface area contributed by atoms with Crippen molar-refractivity contribution in [2.75, 3.05) is 0 Å². The van der Waals surface area contributed by atoms with Gasteiger partial charge in [-0.1, -0.05) is 19.9 Å². The predicted octanol–water partition coefficient (Wildman–Crippen LogP) is 1.70. The third-order valence-corrected chi connectivity index (χ3v) is 2.02. The topological polar surface area (TPSA) is 38.3 Å². The normalized spacial score (nSPS) is 28.4. The Bertz CT molecular complexity index is 189. The number of rotatable bonds is 3. The maximum atomic E-state index is 10.9. The maximum Gasteiger partial charge on any atom is 0.407 e. The van der Waals surface area contributed by atoms with Gasteiger partial charge in [-0.2, -0.15) is 0 Å². The van der Waals surface area contributed by atoms with Crippen LogP contribution in [-0.2, 0) is 4.74 Å². The van der Waals surface area contributed by atoms with Crippen molar-refractivity contribution < 1.29 is 9.53 Å². The first-order chi connectivity index (χ1) is 5.65. The van der Waals surface area contributed by atoms with Gasteiger partial charge >= 0.3 is 6.09 Å². The zero-order valence-corrected chi connectivity index (χ0v) is 7.54.